The number of nitrogens with two attached hydrogens (primary N) is 2. The molecule has 2 amide bonds. The van der Waals surface area contributed by atoms with Crippen molar-refractivity contribution in [2.24, 2.45) is 16.5 Å². The molecule has 0 bridgehead atoms. The van der Waals surface area contributed by atoms with E-state index in [4.69, 9.17) is 16.2 Å². The molecule has 4 aliphatic heterocycles. The third-order valence-electron chi connectivity index (χ3n) is 8.14. The first kappa shape index (κ1) is 26.0. The molecule has 13 heteroatoms. The van der Waals surface area contributed by atoms with Gasteiger partial charge < -0.3 is 31.3 Å². The van der Waals surface area contributed by atoms with E-state index in [9.17, 15) is 19.8 Å². The van der Waals surface area contributed by atoms with Gasteiger partial charge in [-0.15, -0.1) is 0 Å². The lowest BCUT2D eigenvalue weighted by atomic mass is 9.79. The second-order valence-corrected chi connectivity index (χ2v) is 11.1. The van der Waals surface area contributed by atoms with Crippen molar-refractivity contribution in [1.29, 1.82) is 0 Å². The zero-order valence-electron chi connectivity index (χ0n) is 21.9. The second-order valence-electron chi connectivity index (χ2n) is 11.1. The summed E-state index contributed by atoms with van der Waals surface area (Å²) in [6.45, 7) is 6.63. The van der Waals surface area contributed by atoms with Crippen molar-refractivity contribution in [3.8, 4) is 5.75 Å². The van der Waals surface area contributed by atoms with Crippen molar-refractivity contribution in [3.05, 3.63) is 29.3 Å². The number of nitrogens with zero attached hydrogens (tertiary/aromatic N) is 2. The van der Waals surface area contributed by atoms with Crippen LogP contribution >= 0.6 is 0 Å². The molecule has 13 nitrogen and oxygen atoms in total. The molecule has 0 saturated carbocycles. The Morgan fingerprint density at radius 3 is 2.82 bits per heavy atom. The summed E-state index contributed by atoms with van der Waals surface area (Å²) < 4.78 is 5.89. The summed E-state index contributed by atoms with van der Waals surface area (Å²) in [5.41, 5.74) is 11.8. The van der Waals surface area contributed by atoms with Gasteiger partial charge in [-0.25, -0.2) is 10.3 Å². The number of guanidine groups is 2. The molecule has 0 aliphatic carbocycles. The lowest BCUT2D eigenvalue weighted by Crippen LogP contribution is -2.90. The smallest absolute Gasteiger partial charge is 0.343 e. The van der Waals surface area contributed by atoms with Gasteiger partial charge in [-0.1, -0.05) is 32.9 Å². The highest BCUT2D eigenvalue weighted by atomic mass is 16.5. The minimum absolute atomic E-state index is 0.0337. The predicted molar refractivity (Wildman–Crippen MR) is 138 cm³/mol. The van der Waals surface area contributed by atoms with Crippen LogP contribution in [0.3, 0.4) is 0 Å². The minimum Gasteiger partial charge on any atom is -0.492 e. The Hall–Kier alpha value is -3.58. The first-order valence-electron chi connectivity index (χ1n) is 13.0. The lowest BCUT2D eigenvalue weighted by Gasteiger charge is -2.46. The van der Waals surface area contributed by atoms with Gasteiger partial charge in [-0.2, -0.15) is 0 Å². The maximum absolute atomic E-state index is 13.5. The van der Waals surface area contributed by atoms with Crippen LogP contribution in [0.1, 0.15) is 56.0 Å². The highest BCUT2D eigenvalue weighted by Gasteiger charge is 2.76. The highest BCUT2D eigenvalue weighted by molar-refractivity contribution is 5.98. The zero-order valence-corrected chi connectivity index (χ0v) is 21.9. The Morgan fingerprint density at radius 1 is 1.32 bits per heavy atom. The van der Waals surface area contributed by atoms with Crippen LogP contribution in [0.4, 0.5) is 0 Å². The number of hydrogen-bond donors (Lipinski definition) is 8. The second kappa shape index (κ2) is 9.02. The van der Waals surface area contributed by atoms with Gasteiger partial charge in [0.2, 0.25) is 11.7 Å². The first-order valence-corrected chi connectivity index (χ1v) is 13.0. The van der Waals surface area contributed by atoms with Crippen LogP contribution < -0.4 is 37.1 Å². The predicted octanol–water partition coefficient (Wildman–Crippen LogP) is -3.48. The topological polar surface area (TPSA) is 202 Å². The molecule has 5 rings (SSSR count). The Balaban J connectivity index is 1.43. The third-order valence-corrected chi connectivity index (χ3v) is 8.14. The van der Waals surface area contributed by atoms with Gasteiger partial charge in [0, 0.05) is 18.5 Å². The van der Waals surface area contributed by atoms with Crippen LogP contribution in [-0.2, 0) is 10.2 Å². The summed E-state index contributed by atoms with van der Waals surface area (Å²) >= 11 is 0. The summed E-state index contributed by atoms with van der Waals surface area (Å²) in [5, 5.41) is 31.8. The number of carbonyl (C=O) groups excluding carboxylic acids is 2. The van der Waals surface area contributed by atoms with E-state index in [1.807, 2.05) is 13.0 Å². The maximum atomic E-state index is 13.5. The third kappa shape index (κ3) is 3.83. The highest BCUT2D eigenvalue weighted by Crippen LogP contribution is 2.42. The minimum atomic E-state index is -2.54. The van der Waals surface area contributed by atoms with Gasteiger partial charge in [0.15, 0.2) is 12.0 Å². The number of carbonyl (C=O) groups is 2. The van der Waals surface area contributed by atoms with Gasteiger partial charge in [-0.3, -0.25) is 25.2 Å². The van der Waals surface area contributed by atoms with Gasteiger partial charge in [0.25, 0.3) is 11.6 Å². The number of aliphatic imine (C=N–C) groups is 1. The molecule has 206 valence electrons. The van der Waals surface area contributed by atoms with E-state index in [1.54, 1.807) is 12.1 Å². The molecule has 1 saturated heterocycles. The molecule has 1 aromatic rings. The molecule has 10 N–H and O–H groups in total. The Labute approximate surface area is 220 Å². The summed E-state index contributed by atoms with van der Waals surface area (Å²) in [5.74, 6) is -2.56. The number of amides is 2. The van der Waals surface area contributed by atoms with Gasteiger partial charge in [-0.05, 0) is 24.3 Å². The number of benzene rings is 1. The van der Waals surface area contributed by atoms with E-state index in [0.29, 0.717) is 30.8 Å². The number of fused-ring (bicyclic) bond motifs is 1. The molecule has 1 aromatic carbocycles. The molecule has 0 radical (unpaired) electrons. The molecular weight excluding hydrogens is 492 g/mol. The normalized spacial score (nSPS) is 30.0. The number of rotatable bonds is 6. The van der Waals surface area contributed by atoms with Crippen LogP contribution in [0, 0.1) is 0 Å². The van der Waals surface area contributed by atoms with Crippen molar-refractivity contribution in [2.45, 2.75) is 75.0 Å². The summed E-state index contributed by atoms with van der Waals surface area (Å²) in [6, 6.07) is 2.78. The lowest BCUT2D eigenvalue weighted by molar-refractivity contribution is -0.521. The number of aliphatic hydroxyl groups is 2. The van der Waals surface area contributed by atoms with Crippen LogP contribution in [-0.4, -0.2) is 88.1 Å². The van der Waals surface area contributed by atoms with Crippen molar-refractivity contribution < 1.29 is 29.5 Å². The number of hydrogen-bond acceptors (Lipinski definition) is 10. The molecule has 1 spiro atoms. The molecule has 38 heavy (non-hydrogen) atoms. The van der Waals surface area contributed by atoms with Gasteiger partial charge >= 0.3 is 5.96 Å². The Bertz CT molecular complexity index is 1210. The standard InChI is InChI=1S/C25H36N8O5/c1-4-6-17(34)28-11-15-19-24(32-21(26)31-19)25(36,37)16(12-33(24)22(27)29-15)30-20(35)13-7-5-8-14-18(13)38-10-9-23(14,2)3/h5,7-8,15-16,19,36-37H,4,6,9-12H2,1-3H3,(H2,27,29)(H,28,34)(H,30,35)(H3,26,31,32)/p+1/t15-,16?,19-,24?/m0/s1. The molecule has 0 aromatic heterocycles. The van der Waals surface area contributed by atoms with Crippen molar-refractivity contribution in [2.75, 3.05) is 19.7 Å². The summed E-state index contributed by atoms with van der Waals surface area (Å²) in [4.78, 5) is 34.7. The van der Waals surface area contributed by atoms with Crippen LogP contribution in [0.25, 0.3) is 0 Å². The molecule has 2 unspecified atom stereocenters. The molecule has 4 atom stereocenters. The summed E-state index contributed by atoms with van der Waals surface area (Å²) in [7, 11) is 0. The molecule has 4 heterocycles. The SMILES string of the molecule is CCCC(=O)NC[C@@H]1N=C(N)N2CC(NC(=O)c3cccc4c3OCCC4(C)C)C(O)(O)C23NC(N)=[NH+][C@@H]13. The first-order chi connectivity index (χ1) is 17.9. The fourth-order valence-corrected chi connectivity index (χ4v) is 6.06. The Kier molecular flexibility index (Phi) is 6.18. The van der Waals surface area contributed by atoms with E-state index in [0.717, 1.165) is 12.0 Å². The monoisotopic (exact) mass is 529 g/mol. The van der Waals surface area contributed by atoms with E-state index >= 15 is 0 Å². The van der Waals surface area contributed by atoms with E-state index in [-0.39, 0.29) is 36.3 Å². The number of nitrogens with one attached hydrogen (secondary N) is 4. The van der Waals surface area contributed by atoms with Gasteiger partial charge in [0.05, 0.1) is 18.7 Å². The average molecular weight is 530 g/mol. The molecule has 4 aliphatic rings. The van der Waals surface area contributed by atoms with E-state index in [2.05, 4.69) is 39.8 Å². The average Bonchev–Trinajstić information content (AvgIpc) is 3.32. The van der Waals surface area contributed by atoms with Crippen LogP contribution in [0.2, 0.25) is 0 Å². The van der Waals surface area contributed by atoms with Gasteiger partial charge in [0.1, 0.15) is 17.8 Å². The molecule has 1 fully saturated rings. The summed E-state index contributed by atoms with van der Waals surface area (Å²) in [6.07, 6.45) is 1.86. The quantitative estimate of drug-likeness (QED) is 0.172. The van der Waals surface area contributed by atoms with Crippen molar-refractivity contribution >= 4 is 23.7 Å². The van der Waals surface area contributed by atoms with E-state index < -0.39 is 35.5 Å². The maximum Gasteiger partial charge on any atom is 0.343 e. The fraction of sp³-hybridized carbons (Fsp3) is 0.600. The largest absolute Gasteiger partial charge is 0.492 e. The number of ether oxygens (including phenoxy) is 1. The van der Waals surface area contributed by atoms with Crippen molar-refractivity contribution in [1.82, 2.24) is 20.9 Å². The van der Waals surface area contributed by atoms with Crippen molar-refractivity contribution in [3.63, 3.8) is 0 Å². The fourth-order valence-electron chi connectivity index (χ4n) is 6.06. The zero-order chi connectivity index (χ0) is 27.5. The van der Waals surface area contributed by atoms with Crippen LogP contribution in [0.5, 0.6) is 5.75 Å². The Morgan fingerprint density at radius 2 is 2.08 bits per heavy atom. The van der Waals surface area contributed by atoms with E-state index in [1.165, 1.54) is 4.90 Å². The van der Waals surface area contributed by atoms with Crippen LogP contribution in [0.15, 0.2) is 23.2 Å². The molecular formula is C25H37N8O5+. The number of para-hydroxylation sites is 1.